The van der Waals surface area contributed by atoms with Gasteiger partial charge in [-0.1, -0.05) is 53.7 Å². The molecule has 0 saturated carbocycles. The number of benzene rings is 2. The fourth-order valence-corrected chi connectivity index (χ4v) is 3.96. The quantitative estimate of drug-likeness (QED) is 0.578. The maximum Gasteiger partial charge on any atom is 0.123 e. The number of phenols is 1. The minimum Gasteiger partial charge on any atom is -0.507 e. The van der Waals surface area contributed by atoms with Crippen LogP contribution in [0.1, 0.15) is 70.7 Å². The molecule has 1 atom stereocenters. The molecule has 1 heterocycles. The van der Waals surface area contributed by atoms with Gasteiger partial charge in [0.25, 0.3) is 0 Å². The molecule has 0 radical (unpaired) electrons. The van der Waals surface area contributed by atoms with Crippen LogP contribution in [0.25, 0.3) is 0 Å². The maximum atomic E-state index is 11.2. The van der Waals surface area contributed by atoms with Crippen LogP contribution in [0.2, 0.25) is 0 Å². The molecule has 4 heteroatoms. The molecule has 0 amide bonds. The van der Waals surface area contributed by atoms with E-state index >= 15 is 0 Å². The summed E-state index contributed by atoms with van der Waals surface area (Å²) in [6.45, 7) is 15.0. The van der Waals surface area contributed by atoms with Gasteiger partial charge in [0.2, 0.25) is 0 Å². The van der Waals surface area contributed by atoms with Crippen LogP contribution >= 0.6 is 0 Å². The van der Waals surface area contributed by atoms with E-state index in [1.54, 1.807) is 13.3 Å². The number of methoxy groups -OCH3 is 1. The molecule has 3 aromatic rings. The molecule has 3 rings (SSSR count). The molecule has 0 fully saturated rings. The van der Waals surface area contributed by atoms with Gasteiger partial charge in [0.1, 0.15) is 11.5 Å². The van der Waals surface area contributed by atoms with Gasteiger partial charge in [-0.3, -0.25) is 0 Å². The Bertz CT molecular complexity index is 972. The molecule has 0 saturated heterocycles. The van der Waals surface area contributed by atoms with Crippen molar-refractivity contribution in [1.29, 1.82) is 0 Å². The minimum atomic E-state index is -0.504. The van der Waals surface area contributed by atoms with Gasteiger partial charge < -0.3 is 14.4 Å². The first-order chi connectivity index (χ1) is 13.9. The van der Waals surface area contributed by atoms with Crippen LogP contribution in [0.5, 0.6) is 11.5 Å². The van der Waals surface area contributed by atoms with E-state index in [2.05, 4.69) is 82.3 Å². The normalized spacial score (nSPS) is 14.4. The Morgan fingerprint density at radius 1 is 0.833 bits per heavy atom. The van der Waals surface area contributed by atoms with Crippen LogP contribution in [-0.2, 0) is 16.4 Å². The number of ether oxygens (including phenoxy) is 1. The average Bonchev–Trinajstić information content (AvgIpc) is 3.21. The highest BCUT2D eigenvalue weighted by Gasteiger charge is 2.35. The van der Waals surface area contributed by atoms with E-state index in [1.165, 1.54) is 0 Å². The second kappa shape index (κ2) is 7.50. The number of hydrogen-bond donors (Lipinski definition) is 1. The highest BCUT2D eigenvalue weighted by molar-refractivity contribution is 5.54. The van der Waals surface area contributed by atoms with Crippen molar-refractivity contribution in [3.05, 3.63) is 77.4 Å². The van der Waals surface area contributed by atoms with Gasteiger partial charge >= 0.3 is 0 Å². The van der Waals surface area contributed by atoms with E-state index in [9.17, 15) is 5.11 Å². The number of nitrogens with zero attached hydrogens (tertiary/aromatic N) is 2. The van der Waals surface area contributed by atoms with Gasteiger partial charge in [0.05, 0.1) is 19.0 Å². The first-order valence-electron chi connectivity index (χ1n) is 10.4. The predicted molar refractivity (Wildman–Crippen MR) is 123 cm³/mol. The van der Waals surface area contributed by atoms with Gasteiger partial charge in [-0.05, 0) is 64.3 Å². The zero-order valence-corrected chi connectivity index (χ0v) is 19.4. The number of aromatic nitrogens is 2. The molecule has 0 unspecified atom stereocenters. The highest BCUT2D eigenvalue weighted by Crippen LogP contribution is 2.44. The molecule has 1 N–H and O–H groups in total. The van der Waals surface area contributed by atoms with Crippen molar-refractivity contribution in [2.24, 2.45) is 0 Å². The number of rotatable bonds is 4. The minimum absolute atomic E-state index is 0.199. The van der Waals surface area contributed by atoms with Gasteiger partial charge in [0, 0.05) is 12.4 Å². The number of aromatic hydroxyl groups is 1. The van der Waals surface area contributed by atoms with Crippen LogP contribution in [-0.4, -0.2) is 21.8 Å². The zero-order valence-electron chi connectivity index (χ0n) is 19.4. The SMILES string of the molecule is COc1ccc([C@@](C)(c2cc(C(C)(C)C)c(O)c(C(C)(C)C)c2)n2ccnc2)cc1. The van der Waals surface area contributed by atoms with Crippen LogP contribution < -0.4 is 4.74 Å². The maximum absolute atomic E-state index is 11.2. The standard InChI is InChI=1S/C26H34N2O2/c1-24(2,3)21-15-19(16-22(23(21)29)25(4,5)6)26(7,28-14-13-27-17-28)18-9-11-20(30-8)12-10-18/h9-17,29H,1-8H3/t26-/m0/s1. The first kappa shape index (κ1) is 21.9. The van der Waals surface area contributed by atoms with Crippen LogP contribution in [0.15, 0.2) is 55.1 Å². The lowest BCUT2D eigenvalue weighted by atomic mass is 9.74. The number of imidazole rings is 1. The fourth-order valence-electron chi connectivity index (χ4n) is 3.96. The van der Waals surface area contributed by atoms with Gasteiger partial charge in [-0.25, -0.2) is 4.98 Å². The average molecular weight is 407 g/mol. The summed E-state index contributed by atoms with van der Waals surface area (Å²) in [5.74, 6) is 1.21. The third-order valence-corrected chi connectivity index (χ3v) is 5.96. The summed E-state index contributed by atoms with van der Waals surface area (Å²) in [4.78, 5) is 4.32. The molecular weight excluding hydrogens is 372 g/mol. The predicted octanol–water partition coefficient (Wildman–Crippen LogP) is 6.00. The van der Waals surface area contributed by atoms with Crippen molar-refractivity contribution >= 4 is 0 Å². The number of hydrogen-bond acceptors (Lipinski definition) is 3. The van der Waals surface area contributed by atoms with E-state index in [1.807, 2.05) is 24.7 Å². The van der Waals surface area contributed by atoms with Gasteiger partial charge in [-0.15, -0.1) is 0 Å². The summed E-state index contributed by atoms with van der Waals surface area (Å²) in [7, 11) is 1.68. The van der Waals surface area contributed by atoms with E-state index in [0.717, 1.165) is 28.0 Å². The molecule has 160 valence electrons. The van der Waals surface area contributed by atoms with Crippen molar-refractivity contribution in [2.75, 3.05) is 7.11 Å². The largest absolute Gasteiger partial charge is 0.507 e. The summed E-state index contributed by atoms with van der Waals surface area (Å²) in [5, 5.41) is 11.2. The lowest BCUT2D eigenvalue weighted by molar-refractivity contribution is 0.412. The van der Waals surface area contributed by atoms with E-state index in [0.29, 0.717) is 5.75 Å². The lowest BCUT2D eigenvalue weighted by Gasteiger charge is -2.36. The van der Waals surface area contributed by atoms with Crippen LogP contribution in [0, 0.1) is 0 Å². The van der Waals surface area contributed by atoms with Crippen molar-refractivity contribution in [2.45, 2.75) is 64.8 Å². The fraction of sp³-hybridized carbons (Fsp3) is 0.423. The molecular formula is C26H34N2O2. The number of phenolic OH excluding ortho intramolecular Hbond substituents is 1. The first-order valence-corrected chi connectivity index (χ1v) is 10.4. The third kappa shape index (κ3) is 3.83. The summed E-state index contributed by atoms with van der Waals surface area (Å²) in [6, 6.07) is 12.5. The summed E-state index contributed by atoms with van der Waals surface area (Å²) < 4.78 is 7.49. The van der Waals surface area contributed by atoms with Crippen LogP contribution in [0.3, 0.4) is 0 Å². The topological polar surface area (TPSA) is 47.3 Å². The molecule has 0 bridgehead atoms. The molecule has 1 aromatic heterocycles. The van der Waals surface area contributed by atoms with Crippen molar-refractivity contribution in [1.82, 2.24) is 9.55 Å². The summed E-state index contributed by atoms with van der Waals surface area (Å²) >= 11 is 0. The monoisotopic (exact) mass is 406 g/mol. The lowest BCUT2D eigenvalue weighted by Crippen LogP contribution is -2.33. The van der Waals surface area contributed by atoms with Crippen molar-refractivity contribution in [3.63, 3.8) is 0 Å². The Hall–Kier alpha value is -2.75. The smallest absolute Gasteiger partial charge is 0.123 e. The third-order valence-electron chi connectivity index (χ3n) is 5.96. The van der Waals surface area contributed by atoms with Crippen LogP contribution in [0.4, 0.5) is 0 Å². The molecule has 30 heavy (non-hydrogen) atoms. The molecule has 4 nitrogen and oxygen atoms in total. The second-order valence-corrected chi connectivity index (χ2v) is 10.2. The molecule has 0 aliphatic heterocycles. The summed E-state index contributed by atoms with van der Waals surface area (Å²) in [6.07, 6.45) is 5.65. The highest BCUT2D eigenvalue weighted by atomic mass is 16.5. The Balaban J connectivity index is 2.36. The Kier molecular flexibility index (Phi) is 5.48. The van der Waals surface area contributed by atoms with E-state index < -0.39 is 5.54 Å². The zero-order chi connectivity index (χ0) is 22.3. The second-order valence-electron chi connectivity index (χ2n) is 10.2. The van der Waals surface area contributed by atoms with Gasteiger partial charge in [0.15, 0.2) is 0 Å². The Labute approximate surface area is 180 Å². The van der Waals surface area contributed by atoms with E-state index in [-0.39, 0.29) is 10.8 Å². The van der Waals surface area contributed by atoms with Crippen molar-refractivity contribution in [3.8, 4) is 11.5 Å². The molecule has 0 aliphatic carbocycles. The molecule has 0 aliphatic rings. The Morgan fingerprint density at radius 2 is 1.37 bits per heavy atom. The molecule has 2 aromatic carbocycles. The Morgan fingerprint density at radius 3 is 1.77 bits per heavy atom. The molecule has 0 spiro atoms. The van der Waals surface area contributed by atoms with E-state index in [4.69, 9.17) is 4.74 Å². The van der Waals surface area contributed by atoms with Crippen molar-refractivity contribution < 1.29 is 9.84 Å². The van der Waals surface area contributed by atoms with Gasteiger partial charge in [-0.2, -0.15) is 0 Å². The summed E-state index contributed by atoms with van der Waals surface area (Å²) in [5.41, 5.74) is 3.22.